The first-order chi connectivity index (χ1) is 36.5. The Hall–Kier alpha value is -9.28. The van der Waals surface area contributed by atoms with E-state index >= 15 is 0 Å². The molecule has 0 unspecified atom stereocenters. The van der Waals surface area contributed by atoms with Crippen LogP contribution in [0.25, 0.3) is 0 Å². The van der Waals surface area contributed by atoms with Crippen LogP contribution in [0.2, 0.25) is 0 Å². The second-order valence-corrected chi connectivity index (χ2v) is 20.7. The van der Waals surface area contributed by atoms with Crippen molar-refractivity contribution in [2.45, 2.75) is 62.2 Å². The molecule has 4 fully saturated rings. The summed E-state index contributed by atoms with van der Waals surface area (Å²) in [6, 6.07) is 43.6. The smallest absolute Gasteiger partial charge is 0.414 e. The van der Waals surface area contributed by atoms with Crippen molar-refractivity contribution >= 4 is 70.1 Å². The van der Waals surface area contributed by atoms with Gasteiger partial charge < -0.3 is 19.7 Å². The first-order valence-electron chi connectivity index (χ1n) is 25.0. The number of cyclic esters (lactones) is 2. The summed E-state index contributed by atoms with van der Waals surface area (Å²) in [6.45, 7) is 9.43. The number of nitrogens with zero attached hydrogens (tertiary/aromatic N) is 6. The number of carboxylic acids is 2. The highest BCUT2D eigenvalue weighted by atomic mass is 16.6. The number of carbonyl (C=O) groups is 6. The highest BCUT2D eigenvalue weighted by Crippen LogP contribution is 2.75. The number of benzene rings is 6. The van der Waals surface area contributed by atoms with E-state index in [1.165, 1.54) is 34.1 Å². The van der Waals surface area contributed by atoms with Crippen LogP contribution in [0.15, 0.2) is 133 Å². The molecule has 16 heteroatoms. The van der Waals surface area contributed by atoms with Crippen LogP contribution >= 0.6 is 0 Å². The Labute approximate surface area is 437 Å². The molecule has 4 atom stereocenters. The molecule has 0 bridgehead atoms. The maximum atomic E-state index is 14.6. The minimum atomic E-state index is -1.16. The van der Waals surface area contributed by atoms with Crippen molar-refractivity contribution in [1.29, 1.82) is 10.5 Å². The Morgan fingerprint density at radius 2 is 0.882 bits per heavy atom. The summed E-state index contributed by atoms with van der Waals surface area (Å²) in [4.78, 5) is 83.7. The average Bonchev–Trinajstić information content (AvgIpc) is 4.12. The van der Waals surface area contributed by atoms with E-state index in [0.717, 1.165) is 22.3 Å². The van der Waals surface area contributed by atoms with E-state index in [4.69, 9.17) is 9.47 Å². The molecule has 2 aliphatic carbocycles. The van der Waals surface area contributed by atoms with Crippen molar-refractivity contribution < 1.29 is 48.5 Å². The van der Waals surface area contributed by atoms with E-state index < -0.39 is 45.8 Å². The Morgan fingerprint density at radius 3 is 1.20 bits per heavy atom. The van der Waals surface area contributed by atoms with Crippen LogP contribution in [-0.4, -0.2) is 72.5 Å². The van der Waals surface area contributed by atoms with Crippen LogP contribution < -0.4 is 19.6 Å². The third-order valence-electron chi connectivity index (χ3n) is 16.7. The zero-order valence-electron chi connectivity index (χ0n) is 41.9. The number of amides is 4. The monoisotopic (exact) mass is 1010 g/mol. The molecular weight excluding hydrogens is 965 g/mol. The van der Waals surface area contributed by atoms with Gasteiger partial charge in [-0.15, -0.1) is 0 Å². The number of carboxylic acid groups (broad SMARTS) is 2. The minimum Gasteiger partial charge on any atom is -0.478 e. The molecule has 0 radical (unpaired) electrons. The lowest BCUT2D eigenvalue weighted by Gasteiger charge is -2.27. The molecule has 2 N–H and O–H groups in total. The summed E-state index contributed by atoms with van der Waals surface area (Å²) >= 11 is 0. The number of anilines is 6. The van der Waals surface area contributed by atoms with E-state index in [9.17, 15) is 49.5 Å². The Balaban J connectivity index is 0.000000162. The molecule has 76 heavy (non-hydrogen) atoms. The number of para-hydroxylation sites is 2. The Morgan fingerprint density at radius 1 is 0.526 bits per heavy atom. The normalized spacial score (nSPS) is 23.5. The summed E-state index contributed by atoms with van der Waals surface area (Å²) in [5, 5.41) is 38.3. The van der Waals surface area contributed by atoms with Gasteiger partial charge in [0.15, 0.2) is 0 Å². The first-order valence-corrected chi connectivity index (χ1v) is 25.0. The fourth-order valence-electron chi connectivity index (χ4n) is 13.1. The van der Waals surface area contributed by atoms with Crippen LogP contribution in [0, 0.1) is 34.5 Å². The second kappa shape index (κ2) is 17.7. The zero-order chi connectivity index (χ0) is 53.6. The highest BCUT2D eigenvalue weighted by molar-refractivity contribution is 6.18. The van der Waals surface area contributed by atoms with E-state index in [0.29, 0.717) is 71.2 Å². The predicted molar refractivity (Wildman–Crippen MR) is 279 cm³/mol. The van der Waals surface area contributed by atoms with Gasteiger partial charge in [-0.2, -0.15) is 10.5 Å². The number of nitriles is 2. The Bertz CT molecular complexity index is 3350. The van der Waals surface area contributed by atoms with Crippen LogP contribution in [0.4, 0.5) is 43.7 Å². The van der Waals surface area contributed by atoms with Gasteiger partial charge in [-0.05, 0) is 120 Å². The van der Waals surface area contributed by atoms with E-state index in [1.807, 2.05) is 72.8 Å². The quantitative estimate of drug-likeness (QED) is 0.131. The van der Waals surface area contributed by atoms with Crippen molar-refractivity contribution in [3.8, 4) is 12.1 Å². The molecular formula is C60H50N6O10. The van der Waals surface area contributed by atoms with Gasteiger partial charge in [-0.1, -0.05) is 88.4 Å². The van der Waals surface area contributed by atoms with Gasteiger partial charge >= 0.3 is 24.1 Å². The van der Waals surface area contributed by atoms with Crippen molar-refractivity contribution in [2.24, 2.45) is 11.8 Å². The van der Waals surface area contributed by atoms with Crippen LogP contribution in [0.3, 0.4) is 0 Å². The summed E-state index contributed by atoms with van der Waals surface area (Å²) in [5.74, 6) is -2.37. The molecule has 16 nitrogen and oxygen atoms in total. The SMILES string of the molecule is CC(C)[C@@]1(c2ccc(C#N)cc2)C[C@@]12C(=O)N(c1cc(C(=O)O)cc(N3CCOC3=O)c1)c1ccccc12.CC(C)[C@]1(c2ccc(C#N)cc2)C[C@]12C(=O)N(c1cc(C(=O)O)cc(N3CCOC3=O)c1)c1ccccc12. The molecule has 4 aliphatic heterocycles. The fourth-order valence-corrected chi connectivity index (χ4v) is 13.1. The number of carbonyl (C=O) groups excluding carboxylic acids is 4. The molecule has 6 aromatic rings. The molecule has 0 aromatic heterocycles. The number of hydrogen-bond donors (Lipinski definition) is 2. The van der Waals surface area contributed by atoms with Crippen LogP contribution in [0.5, 0.6) is 0 Å². The molecule has 2 saturated heterocycles. The molecule has 6 aliphatic rings. The number of ether oxygens (including phenoxy) is 2. The van der Waals surface area contributed by atoms with Crippen molar-refractivity contribution in [3.63, 3.8) is 0 Å². The number of rotatable bonds is 10. The van der Waals surface area contributed by atoms with Gasteiger partial charge in [-0.3, -0.25) is 29.2 Å². The standard InChI is InChI=1S/2C30H25N3O5/c2*1-18(2)29(21-9-7-19(16-31)8-10-21)17-30(29)24-5-3-4-6-25(24)33(27(30)36)23-14-20(26(34)35)13-22(15-23)32-11-12-38-28(32)37/h2*3-10,13-15,18H,11-12,17H2,1-2H3,(H,34,35)/t2*29-,30-/m10/s1. The molecule has 12 rings (SSSR count). The zero-order valence-corrected chi connectivity index (χ0v) is 41.9. The second-order valence-electron chi connectivity index (χ2n) is 20.7. The molecule has 4 heterocycles. The molecule has 2 saturated carbocycles. The predicted octanol–water partition coefficient (Wildman–Crippen LogP) is 10.3. The van der Waals surface area contributed by atoms with E-state index in [-0.39, 0.29) is 48.0 Å². The summed E-state index contributed by atoms with van der Waals surface area (Å²) in [6.07, 6.45) is 0.0922. The number of aromatic carboxylic acids is 2. The van der Waals surface area contributed by atoms with E-state index in [1.54, 1.807) is 46.2 Å². The topological polar surface area (TPSA) is 222 Å². The van der Waals surface area contributed by atoms with Crippen LogP contribution in [-0.2, 0) is 40.7 Å². The van der Waals surface area contributed by atoms with Crippen LogP contribution in [0.1, 0.15) is 94.6 Å². The third-order valence-corrected chi connectivity index (χ3v) is 16.7. The van der Waals surface area contributed by atoms with E-state index in [2.05, 4.69) is 39.8 Å². The molecule has 2 spiro atoms. The largest absolute Gasteiger partial charge is 0.478 e. The lowest BCUT2D eigenvalue weighted by atomic mass is 9.75. The van der Waals surface area contributed by atoms with Crippen molar-refractivity contribution in [3.05, 3.63) is 178 Å². The third kappa shape index (κ3) is 6.93. The van der Waals surface area contributed by atoms with Gasteiger partial charge in [0.2, 0.25) is 11.8 Å². The van der Waals surface area contributed by atoms with Gasteiger partial charge in [0.1, 0.15) is 13.2 Å². The molecule has 380 valence electrons. The lowest BCUT2D eigenvalue weighted by molar-refractivity contribution is -0.121. The van der Waals surface area contributed by atoms with Gasteiger partial charge in [0.25, 0.3) is 0 Å². The average molecular weight is 1020 g/mol. The number of fused-ring (bicyclic) bond motifs is 4. The van der Waals surface area contributed by atoms with Gasteiger partial charge in [0.05, 0.1) is 92.4 Å². The summed E-state index contributed by atoms with van der Waals surface area (Å²) in [5.41, 5.74) is 5.10. The van der Waals surface area contributed by atoms with Crippen molar-refractivity contribution in [1.82, 2.24) is 0 Å². The maximum absolute atomic E-state index is 14.6. The van der Waals surface area contributed by atoms with Gasteiger partial charge in [0, 0.05) is 10.8 Å². The Kier molecular flexibility index (Phi) is 11.4. The lowest BCUT2D eigenvalue weighted by Crippen LogP contribution is -2.36. The first kappa shape index (κ1) is 49.0. The molecule has 4 amide bonds. The van der Waals surface area contributed by atoms with Gasteiger partial charge in [-0.25, -0.2) is 19.2 Å². The fraction of sp³-hybridized carbons (Fsp3) is 0.267. The summed E-state index contributed by atoms with van der Waals surface area (Å²) in [7, 11) is 0. The number of hydrogen-bond acceptors (Lipinski definition) is 10. The maximum Gasteiger partial charge on any atom is 0.414 e. The summed E-state index contributed by atoms with van der Waals surface area (Å²) < 4.78 is 10.1. The highest BCUT2D eigenvalue weighted by Gasteiger charge is 2.79. The molecule has 6 aromatic carbocycles. The van der Waals surface area contributed by atoms with Crippen molar-refractivity contribution in [2.75, 3.05) is 45.9 Å². The minimum absolute atomic E-state index is 0.0264.